The first-order chi connectivity index (χ1) is 9.24. The van der Waals surface area contributed by atoms with Crippen molar-refractivity contribution in [3.8, 4) is 5.75 Å². The van der Waals surface area contributed by atoms with E-state index in [4.69, 9.17) is 4.74 Å². The molecule has 0 aliphatic carbocycles. The van der Waals surface area contributed by atoms with Crippen LogP contribution in [0.15, 0.2) is 18.2 Å². The van der Waals surface area contributed by atoms with Gasteiger partial charge in [0.1, 0.15) is 12.4 Å². The van der Waals surface area contributed by atoms with E-state index in [-0.39, 0.29) is 11.9 Å². The van der Waals surface area contributed by atoms with Gasteiger partial charge < -0.3 is 20.3 Å². The number of hydrogen-bond acceptors (Lipinski definition) is 4. The van der Waals surface area contributed by atoms with Gasteiger partial charge in [-0.3, -0.25) is 4.79 Å². The van der Waals surface area contributed by atoms with E-state index in [0.717, 1.165) is 31.9 Å². The molecule has 1 aromatic rings. The molecule has 0 radical (unpaired) electrons. The summed E-state index contributed by atoms with van der Waals surface area (Å²) in [7, 11) is 0. The molecule has 2 heterocycles. The van der Waals surface area contributed by atoms with Gasteiger partial charge in [-0.2, -0.15) is 0 Å². The van der Waals surface area contributed by atoms with E-state index in [0.29, 0.717) is 17.9 Å². The van der Waals surface area contributed by atoms with Crippen molar-refractivity contribution in [2.45, 2.75) is 13.0 Å². The SMILES string of the molecule is CC1COc2cc(N3CCNCC3)ccc2C(=O)N1. The van der Waals surface area contributed by atoms with Crippen molar-refractivity contribution in [1.29, 1.82) is 0 Å². The first-order valence-corrected chi connectivity index (χ1v) is 6.77. The molecule has 2 aliphatic rings. The number of piperazine rings is 1. The second kappa shape index (κ2) is 5.09. The van der Waals surface area contributed by atoms with Crippen LogP contribution in [0.5, 0.6) is 5.75 Å². The average molecular weight is 261 g/mol. The summed E-state index contributed by atoms with van der Waals surface area (Å²) in [5, 5.41) is 6.24. The molecular weight excluding hydrogens is 242 g/mol. The Morgan fingerprint density at radius 3 is 2.89 bits per heavy atom. The van der Waals surface area contributed by atoms with Crippen LogP contribution in [0.1, 0.15) is 17.3 Å². The number of fused-ring (bicyclic) bond motifs is 1. The van der Waals surface area contributed by atoms with E-state index < -0.39 is 0 Å². The fourth-order valence-corrected chi connectivity index (χ4v) is 2.50. The number of carbonyl (C=O) groups excluding carboxylic acids is 1. The number of nitrogens with one attached hydrogen (secondary N) is 2. The molecule has 2 N–H and O–H groups in total. The maximum atomic E-state index is 12.0. The maximum absolute atomic E-state index is 12.0. The van der Waals surface area contributed by atoms with E-state index >= 15 is 0 Å². The van der Waals surface area contributed by atoms with Crippen LogP contribution in [0.3, 0.4) is 0 Å². The van der Waals surface area contributed by atoms with E-state index in [1.807, 2.05) is 25.1 Å². The molecule has 1 amide bonds. The average Bonchev–Trinajstić information content (AvgIpc) is 2.59. The van der Waals surface area contributed by atoms with Crippen LogP contribution in [-0.4, -0.2) is 44.7 Å². The normalized spacial score (nSPS) is 23.1. The van der Waals surface area contributed by atoms with Crippen LogP contribution in [0.4, 0.5) is 5.69 Å². The second-order valence-electron chi connectivity index (χ2n) is 5.10. The molecule has 1 saturated heterocycles. The molecule has 2 aliphatic heterocycles. The Morgan fingerprint density at radius 1 is 1.32 bits per heavy atom. The summed E-state index contributed by atoms with van der Waals surface area (Å²) in [6, 6.07) is 5.89. The van der Waals surface area contributed by atoms with Gasteiger partial charge >= 0.3 is 0 Å². The van der Waals surface area contributed by atoms with Crippen LogP contribution in [-0.2, 0) is 0 Å². The summed E-state index contributed by atoms with van der Waals surface area (Å²) < 4.78 is 5.74. The quantitative estimate of drug-likeness (QED) is 0.777. The Hall–Kier alpha value is -1.75. The van der Waals surface area contributed by atoms with Gasteiger partial charge in [0.25, 0.3) is 5.91 Å². The van der Waals surface area contributed by atoms with Gasteiger partial charge in [-0.15, -0.1) is 0 Å². The number of amides is 1. The van der Waals surface area contributed by atoms with Gasteiger partial charge in [0.15, 0.2) is 0 Å². The third-order valence-electron chi connectivity index (χ3n) is 3.56. The van der Waals surface area contributed by atoms with Crippen molar-refractivity contribution in [2.75, 3.05) is 37.7 Å². The molecule has 1 unspecified atom stereocenters. The predicted molar refractivity (Wildman–Crippen MR) is 73.9 cm³/mol. The lowest BCUT2D eigenvalue weighted by molar-refractivity contribution is 0.0942. The molecule has 0 aromatic heterocycles. The van der Waals surface area contributed by atoms with Crippen molar-refractivity contribution < 1.29 is 9.53 Å². The van der Waals surface area contributed by atoms with Gasteiger partial charge in [-0.05, 0) is 19.1 Å². The number of rotatable bonds is 1. The molecular formula is C14H19N3O2. The lowest BCUT2D eigenvalue weighted by Gasteiger charge is -2.29. The largest absolute Gasteiger partial charge is 0.491 e. The van der Waals surface area contributed by atoms with Crippen molar-refractivity contribution >= 4 is 11.6 Å². The van der Waals surface area contributed by atoms with Crippen molar-refractivity contribution in [1.82, 2.24) is 10.6 Å². The predicted octanol–water partition coefficient (Wildman–Crippen LogP) is 0.607. The summed E-state index contributed by atoms with van der Waals surface area (Å²) in [4.78, 5) is 14.3. The summed E-state index contributed by atoms with van der Waals surface area (Å²) in [6.07, 6.45) is 0. The molecule has 1 fully saturated rings. The monoisotopic (exact) mass is 261 g/mol. The van der Waals surface area contributed by atoms with E-state index in [2.05, 4.69) is 15.5 Å². The minimum absolute atomic E-state index is 0.0440. The maximum Gasteiger partial charge on any atom is 0.255 e. The number of carbonyl (C=O) groups is 1. The fourth-order valence-electron chi connectivity index (χ4n) is 2.50. The standard InChI is InChI=1S/C14H19N3O2/c1-10-9-19-13-8-11(17-6-4-15-5-7-17)2-3-12(13)14(18)16-10/h2-3,8,10,15H,4-7,9H2,1H3,(H,16,18). The summed E-state index contributed by atoms with van der Waals surface area (Å²) in [6.45, 7) is 6.43. The molecule has 102 valence electrons. The van der Waals surface area contributed by atoms with E-state index in [9.17, 15) is 4.79 Å². The molecule has 19 heavy (non-hydrogen) atoms. The van der Waals surface area contributed by atoms with Crippen LogP contribution in [0.2, 0.25) is 0 Å². The summed E-state index contributed by atoms with van der Waals surface area (Å²) in [5.74, 6) is 0.643. The Kier molecular flexibility index (Phi) is 3.29. The summed E-state index contributed by atoms with van der Waals surface area (Å²) in [5.41, 5.74) is 1.76. The smallest absolute Gasteiger partial charge is 0.255 e. The van der Waals surface area contributed by atoms with Gasteiger partial charge in [0, 0.05) is 37.9 Å². The topological polar surface area (TPSA) is 53.6 Å². The number of ether oxygens (including phenoxy) is 1. The Morgan fingerprint density at radius 2 is 2.11 bits per heavy atom. The number of hydrogen-bond donors (Lipinski definition) is 2. The Labute approximate surface area is 112 Å². The molecule has 0 bridgehead atoms. The molecule has 1 atom stereocenters. The molecule has 0 spiro atoms. The molecule has 5 nitrogen and oxygen atoms in total. The Balaban J connectivity index is 1.88. The van der Waals surface area contributed by atoms with Crippen molar-refractivity contribution in [2.24, 2.45) is 0 Å². The van der Waals surface area contributed by atoms with Gasteiger partial charge in [0.05, 0.1) is 11.6 Å². The molecule has 0 saturated carbocycles. The van der Waals surface area contributed by atoms with E-state index in [1.54, 1.807) is 0 Å². The lowest BCUT2D eigenvalue weighted by Crippen LogP contribution is -2.43. The molecule has 1 aromatic carbocycles. The summed E-state index contributed by atoms with van der Waals surface area (Å²) >= 11 is 0. The third-order valence-corrected chi connectivity index (χ3v) is 3.56. The zero-order chi connectivity index (χ0) is 13.2. The second-order valence-corrected chi connectivity index (χ2v) is 5.10. The van der Waals surface area contributed by atoms with Gasteiger partial charge in [-0.25, -0.2) is 0 Å². The fraction of sp³-hybridized carbons (Fsp3) is 0.500. The minimum atomic E-state index is -0.0492. The lowest BCUT2D eigenvalue weighted by atomic mass is 10.1. The zero-order valence-electron chi connectivity index (χ0n) is 11.1. The minimum Gasteiger partial charge on any atom is -0.491 e. The molecule has 5 heteroatoms. The van der Waals surface area contributed by atoms with Crippen LogP contribution >= 0.6 is 0 Å². The highest BCUT2D eigenvalue weighted by molar-refractivity contribution is 5.98. The highest BCUT2D eigenvalue weighted by Crippen LogP contribution is 2.27. The van der Waals surface area contributed by atoms with Gasteiger partial charge in [0.2, 0.25) is 0 Å². The number of benzene rings is 1. The first kappa shape index (κ1) is 12.3. The van der Waals surface area contributed by atoms with E-state index in [1.165, 1.54) is 0 Å². The van der Waals surface area contributed by atoms with Crippen LogP contribution < -0.4 is 20.3 Å². The van der Waals surface area contributed by atoms with Crippen LogP contribution in [0, 0.1) is 0 Å². The third kappa shape index (κ3) is 2.51. The van der Waals surface area contributed by atoms with Crippen molar-refractivity contribution in [3.63, 3.8) is 0 Å². The van der Waals surface area contributed by atoms with Crippen LogP contribution in [0.25, 0.3) is 0 Å². The molecule has 3 rings (SSSR count). The highest BCUT2D eigenvalue weighted by Gasteiger charge is 2.21. The van der Waals surface area contributed by atoms with Gasteiger partial charge in [-0.1, -0.05) is 0 Å². The van der Waals surface area contributed by atoms with Crippen molar-refractivity contribution in [3.05, 3.63) is 23.8 Å². The highest BCUT2D eigenvalue weighted by atomic mass is 16.5. The Bertz CT molecular complexity index is 484. The first-order valence-electron chi connectivity index (χ1n) is 6.77. The number of nitrogens with zero attached hydrogens (tertiary/aromatic N) is 1. The zero-order valence-corrected chi connectivity index (χ0v) is 11.1. The number of anilines is 1.